The first kappa shape index (κ1) is 11.4. The third-order valence-corrected chi connectivity index (χ3v) is 2.39. The second kappa shape index (κ2) is 3.47. The topological polar surface area (TPSA) is 66.4 Å². The van der Waals surface area contributed by atoms with Crippen LogP contribution in [0.15, 0.2) is 12.1 Å². The molecule has 0 saturated heterocycles. The summed E-state index contributed by atoms with van der Waals surface area (Å²) in [5.41, 5.74) is -1.89. The van der Waals surface area contributed by atoms with Crippen molar-refractivity contribution in [2.45, 2.75) is 12.6 Å². The van der Waals surface area contributed by atoms with Gasteiger partial charge in [0, 0.05) is 0 Å². The number of carbonyl (C=O) groups excluding carboxylic acids is 1. The van der Waals surface area contributed by atoms with Gasteiger partial charge in [-0.15, -0.1) is 0 Å². The van der Waals surface area contributed by atoms with Crippen LogP contribution >= 0.6 is 0 Å². The zero-order chi connectivity index (χ0) is 12.8. The zero-order valence-electron chi connectivity index (χ0n) is 8.26. The molecule has 7 heteroatoms. The SMILES string of the molecule is O=C1Cc2cc(C(=O)O)cc(C(F)(F)F)c2N1. The summed E-state index contributed by atoms with van der Waals surface area (Å²) in [7, 11) is 0. The van der Waals surface area contributed by atoms with Gasteiger partial charge in [-0.25, -0.2) is 4.79 Å². The molecule has 17 heavy (non-hydrogen) atoms. The van der Waals surface area contributed by atoms with Crippen molar-refractivity contribution in [3.8, 4) is 0 Å². The maximum absolute atomic E-state index is 12.7. The number of carbonyl (C=O) groups is 2. The summed E-state index contributed by atoms with van der Waals surface area (Å²) in [5, 5.41) is 10.8. The van der Waals surface area contributed by atoms with E-state index >= 15 is 0 Å². The summed E-state index contributed by atoms with van der Waals surface area (Å²) in [6, 6.07) is 1.59. The van der Waals surface area contributed by atoms with Crippen LogP contribution in [0.3, 0.4) is 0 Å². The predicted octanol–water partition coefficient (Wildman–Crippen LogP) is 1.90. The molecule has 1 aromatic carbocycles. The number of hydrogen-bond donors (Lipinski definition) is 2. The van der Waals surface area contributed by atoms with Gasteiger partial charge in [-0.3, -0.25) is 4.79 Å². The number of aromatic carboxylic acids is 1. The van der Waals surface area contributed by atoms with Gasteiger partial charge in [0.15, 0.2) is 0 Å². The van der Waals surface area contributed by atoms with Gasteiger partial charge in [-0.05, 0) is 17.7 Å². The van der Waals surface area contributed by atoms with Crippen LogP contribution in [0.2, 0.25) is 0 Å². The van der Waals surface area contributed by atoms with Gasteiger partial charge in [0.1, 0.15) is 0 Å². The Morgan fingerprint density at radius 3 is 2.53 bits per heavy atom. The third kappa shape index (κ3) is 1.95. The smallest absolute Gasteiger partial charge is 0.418 e. The summed E-state index contributed by atoms with van der Waals surface area (Å²) in [6.45, 7) is 0. The van der Waals surface area contributed by atoms with E-state index in [0.717, 1.165) is 6.07 Å². The second-order valence-corrected chi connectivity index (χ2v) is 3.59. The van der Waals surface area contributed by atoms with Crippen LogP contribution < -0.4 is 5.32 Å². The Balaban J connectivity index is 2.66. The minimum atomic E-state index is -4.70. The van der Waals surface area contributed by atoms with E-state index in [1.54, 1.807) is 0 Å². The number of benzene rings is 1. The lowest BCUT2D eigenvalue weighted by Gasteiger charge is -2.12. The van der Waals surface area contributed by atoms with Crippen LogP contribution in [-0.2, 0) is 17.4 Å². The number of amides is 1. The van der Waals surface area contributed by atoms with Crippen LogP contribution in [0.1, 0.15) is 21.5 Å². The average Bonchev–Trinajstić information content (AvgIpc) is 2.54. The van der Waals surface area contributed by atoms with Crippen molar-refractivity contribution in [3.05, 3.63) is 28.8 Å². The molecule has 1 aliphatic heterocycles. The lowest BCUT2D eigenvalue weighted by Crippen LogP contribution is -2.12. The highest BCUT2D eigenvalue weighted by atomic mass is 19.4. The van der Waals surface area contributed by atoms with Crippen LogP contribution in [0, 0.1) is 0 Å². The molecular weight excluding hydrogens is 239 g/mol. The molecule has 1 aliphatic rings. The first-order chi connectivity index (χ1) is 7.79. The highest BCUT2D eigenvalue weighted by Gasteiger charge is 2.38. The van der Waals surface area contributed by atoms with Crippen molar-refractivity contribution in [1.82, 2.24) is 0 Å². The Bertz CT molecular complexity index is 522. The van der Waals surface area contributed by atoms with Gasteiger partial charge in [0.2, 0.25) is 5.91 Å². The first-order valence-electron chi connectivity index (χ1n) is 4.56. The zero-order valence-corrected chi connectivity index (χ0v) is 8.26. The largest absolute Gasteiger partial charge is 0.478 e. The molecule has 1 aromatic rings. The first-order valence-corrected chi connectivity index (χ1v) is 4.56. The molecule has 2 rings (SSSR count). The second-order valence-electron chi connectivity index (χ2n) is 3.59. The Kier molecular flexibility index (Phi) is 2.34. The van der Waals surface area contributed by atoms with Crippen molar-refractivity contribution >= 4 is 17.6 Å². The van der Waals surface area contributed by atoms with Crippen LogP contribution in [0.25, 0.3) is 0 Å². The molecule has 0 bridgehead atoms. The summed E-state index contributed by atoms with van der Waals surface area (Å²) >= 11 is 0. The number of halogens is 3. The van der Waals surface area contributed by atoms with E-state index < -0.39 is 29.2 Å². The number of hydrogen-bond acceptors (Lipinski definition) is 2. The normalized spacial score (nSPS) is 14.4. The summed E-state index contributed by atoms with van der Waals surface area (Å²) < 4.78 is 38.0. The minimum Gasteiger partial charge on any atom is -0.478 e. The van der Waals surface area contributed by atoms with Gasteiger partial charge in [-0.1, -0.05) is 0 Å². The quantitative estimate of drug-likeness (QED) is 0.794. The number of rotatable bonds is 1. The Hall–Kier alpha value is -2.05. The number of alkyl halides is 3. The summed E-state index contributed by atoms with van der Waals surface area (Å²) in [5.74, 6) is -2.04. The van der Waals surface area contributed by atoms with Gasteiger partial charge >= 0.3 is 12.1 Å². The Morgan fingerprint density at radius 2 is 2.00 bits per heavy atom. The van der Waals surface area contributed by atoms with Crippen molar-refractivity contribution < 1.29 is 27.9 Å². The number of fused-ring (bicyclic) bond motifs is 1. The average molecular weight is 245 g/mol. The standard InChI is InChI=1S/C10H6F3NO3/c11-10(12,13)6-2-5(9(16)17)1-4-3-7(15)14-8(4)6/h1-2H,3H2,(H,14,15)(H,16,17). The number of anilines is 1. The van der Waals surface area contributed by atoms with Crippen LogP contribution in [0.5, 0.6) is 0 Å². The minimum absolute atomic E-state index is 0.0576. The Labute approximate surface area is 93.0 Å². The molecule has 0 aliphatic carbocycles. The molecule has 0 fully saturated rings. The molecular formula is C10H6F3NO3. The summed E-state index contributed by atoms with van der Waals surface area (Å²) in [4.78, 5) is 21.7. The molecule has 1 amide bonds. The molecule has 0 radical (unpaired) electrons. The van der Waals surface area contributed by atoms with Crippen molar-refractivity contribution in [1.29, 1.82) is 0 Å². The fraction of sp³-hybridized carbons (Fsp3) is 0.200. The van der Waals surface area contributed by atoms with Gasteiger partial charge in [-0.2, -0.15) is 13.2 Å². The number of carboxylic acid groups (broad SMARTS) is 1. The highest BCUT2D eigenvalue weighted by Crippen LogP contribution is 2.39. The fourth-order valence-corrected chi connectivity index (χ4v) is 1.69. The molecule has 0 atom stereocenters. The van der Waals surface area contributed by atoms with Gasteiger partial charge in [0.25, 0.3) is 0 Å². The maximum atomic E-state index is 12.7. The van der Waals surface area contributed by atoms with Crippen molar-refractivity contribution in [2.24, 2.45) is 0 Å². The van der Waals surface area contributed by atoms with Gasteiger partial charge in [0.05, 0.1) is 23.2 Å². The van der Waals surface area contributed by atoms with Crippen LogP contribution in [-0.4, -0.2) is 17.0 Å². The van der Waals surface area contributed by atoms with E-state index in [-0.39, 0.29) is 17.7 Å². The predicted molar refractivity (Wildman–Crippen MR) is 50.7 cm³/mol. The van der Waals surface area contributed by atoms with Crippen molar-refractivity contribution in [3.63, 3.8) is 0 Å². The van der Waals surface area contributed by atoms with E-state index in [9.17, 15) is 22.8 Å². The highest BCUT2D eigenvalue weighted by molar-refractivity contribution is 6.01. The summed E-state index contributed by atoms with van der Waals surface area (Å²) in [6.07, 6.45) is -4.94. The molecule has 0 unspecified atom stereocenters. The van der Waals surface area contributed by atoms with Gasteiger partial charge < -0.3 is 10.4 Å². The maximum Gasteiger partial charge on any atom is 0.418 e. The van der Waals surface area contributed by atoms with E-state index in [4.69, 9.17) is 5.11 Å². The third-order valence-electron chi connectivity index (χ3n) is 2.39. The molecule has 1 heterocycles. The monoisotopic (exact) mass is 245 g/mol. The Morgan fingerprint density at radius 1 is 1.35 bits per heavy atom. The van der Waals surface area contributed by atoms with Crippen LogP contribution in [0.4, 0.5) is 18.9 Å². The molecule has 0 saturated carbocycles. The lowest BCUT2D eigenvalue weighted by atomic mass is 10.0. The molecule has 0 spiro atoms. The van der Waals surface area contributed by atoms with Crippen molar-refractivity contribution in [2.75, 3.05) is 5.32 Å². The van der Waals surface area contributed by atoms with E-state index in [1.165, 1.54) is 0 Å². The molecule has 4 nitrogen and oxygen atoms in total. The number of carboxylic acids is 1. The molecule has 90 valence electrons. The van der Waals surface area contributed by atoms with E-state index in [1.807, 2.05) is 0 Å². The van der Waals surface area contributed by atoms with E-state index in [0.29, 0.717) is 6.07 Å². The molecule has 0 aromatic heterocycles. The lowest BCUT2D eigenvalue weighted by molar-refractivity contribution is -0.136. The fourth-order valence-electron chi connectivity index (χ4n) is 1.69. The number of nitrogens with one attached hydrogen (secondary N) is 1. The van der Waals surface area contributed by atoms with E-state index in [2.05, 4.69) is 5.32 Å². The molecule has 2 N–H and O–H groups in total.